The summed E-state index contributed by atoms with van der Waals surface area (Å²) in [5.74, 6) is -0.347. The van der Waals surface area contributed by atoms with Crippen molar-refractivity contribution in [1.29, 1.82) is 0 Å². The Hall–Kier alpha value is -1.71. The summed E-state index contributed by atoms with van der Waals surface area (Å²) >= 11 is 1.54. The molecule has 0 aliphatic heterocycles. The number of hydrogen-bond donors (Lipinski definition) is 3. The van der Waals surface area contributed by atoms with E-state index in [1.807, 2.05) is 12.2 Å². The Morgan fingerprint density at radius 1 is 1.29 bits per heavy atom. The lowest BCUT2D eigenvalue weighted by Gasteiger charge is -2.22. The Bertz CT molecular complexity index is 725. The fraction of sp³-hybridized carbons (Fsp3) is 0.591. The van der Waals surface area contributed by atoms with Crippen LogP contribution < -0.4 is 4.74 Å². The molecule has 4 unspecified atom stereocenters. The highest BCUT2D eigenvalue weighted by Crippen LogP contribution is 2.38. The summed E-state index contributed by atoms with van der Waals surface area (Å²) in [6.45, 7) is -0.113. The maximum Gasteiger partial charge on any atom is 0.416 e. The molecule has 1 fully saturated rings. The van der Waals surface area contributed by atoms with E-state index in [4.69, 9.17) is 9.84 Å². The number of hydrogen-bond acceptors (Lipinski definition) is 5. The fourth-order valence-electron chi connectivity index (χ4n) is 3.51. The summed E-state index contributed by atoms with van der Waals surface area (Å²) in [6, 6.07) is 4.55. The number of halogens is 3. The molecule has 174 valence electrons. The molecule has 0 saturated heterocycles. The van der Waals surface area contributed by atoms with Crippen molar-refractivity contribution < 1.29 is 38.0 Å². The Morgan fingerprint density at radius 3 is 2.77 bits per heavy atom. The van der Waals surface area contributed by atoms with Crippen molar-refractivity contribution in [2.75, 3.05) is 12.4 Å². The summed E-state index contributed by atoms with van der Waals surface area (Å²) in [5.41, 5.74) is -0.798. The number of rotatable bonds is 12. The first-order valence-corrected chi connectivity index (χ1v) is 11.4. The minimum Gasteiger partial charge on any atom is -0.491 e. The molecule has 1 saturated carbocycles. The molecule has 4 atom stereocenters. The Balaban J connectivity index is 1.74. The molecule has 2 rings (SSSR count). The molecule has 1 aromatic rings. The SMILES string of the molecule is O=C(O)CCCC=CCC1C(O)CCC1SCC(O)COc1cccc(C(F)(F)F)c1. The van der Waals surface area contributed by atoms with Gasteiger partial charge in [-0.2, -0.15) is 24.9 Å². The summed E-state index contributed by atoms with van der Waals surface area (Å²) in [5, 5.41) is 29.2. The van der Waals surface area contributed by atoms with Gasteiger partial charge in [0.2, 0.25) is 0 Å². The van der Waals surface area contributed by atoms with Crippen molar-refractivity contribution in [1.82, 2.24) is 0 Å². The number of ether oxygens (including phenoxy) is 1. The van der Waals surface area contributed by atoms with E-state index < -0.39 is 29.9 Å². The topological polar surface area (TPSA) is 87.0 Å². The molecular formula is C22H29F3O5S. The fourth-order valence-corrected chi connectivity index (χ4v) is 4.91. The number of aliphatic hydroxyl groups is 2. The van der Waals surface area contributed by atoms with Gasteiger partial charge in [-0.15, -0.1) is 0 Å². The van der Waals surface area contributed by atoms with Crippen LogP contribution in [0.25, 0.3) is 0 Å². The average Bonchev–Trinajstić information content (AvgIpc) is 3.06. The van der Waals surface area contributed by atoms with Crippen molar-refractivity contribution in [3.8, 4) is 5.75 Å². The smallest absolute Gasteiger partial charge is 0.416 e. The van der Waals surface area contributed by atoms with E-state index in [0.29, 0.717) is 31.4 Å². The second kappa shape index (κ2) is 12.4. The van der Waals surface area contributed by atoms with Gasteiger partial charge >= 0.3 is 12.1 Å². The number of allylic oxidation sites excluding steroid dienone is 2. The van der Waals surface area contributed by atoms with E-state index >= 15 is 0 Å². The van der Waals surface area contributed by atoms with Crippen LogP contribution in [0.1, 0.15) is 44.1 Å². The van der Waals surface area contributed by atoms with E-state index in [0.717, 1.165) is 18.6 Å². The van der Waals surface area contributed by atoms with Crippen molar-refractivity contribution in [3.63, 3.8) is 0 Å². The van der Waals surface area contributed by atoms with Gasteiger partial charge in [0.05, 0.1) is 17.8 Å². The Morgan fingerprint density at radius 2 is 2.06 bits per heavy atom. The summed E-state index contributed by atoms with van der Waals surface area (Å²) in [7, 11) is 0. The molecule has 0 spiro atoms. The van der Waals surface area contributed by atoms with E-state index in [1.165, 1.54) is 23.9 Å². The third-order valence-corrected chi connectivity index (χ3v) is 6.75. The van der Waals surface area contributed by atoms with Crippen molar-refractivity contribution >= 4 is 17.7 Å². The largest absolute Gasteiger partial charge is 0.491 e. The molecule has 1 aliphatic rings. The molecule has 1 aliphatic carbocycles. The van der Waals surface area contributed by atoms with Gasteiger partial charge in [0, 0.05) is 23.3 Å². The van der Waals surface area contributed by atoms with Crippen molar-refractivity contribution in [3.05, 3.63) is 42.0 Å². The van der Waals surface area contributed by atoms with Gasteiger partial charge in [-0.05, 0) is 50.3 Å². The predicted octanol–water partition coefficient (Wildman–Crippen LogP) is 4.52. The van der Waals surface area contributed by atoms with Gasteiger partial charge in [-0.1, -0.05) is 18.2 Å². The number of unbranched alkanes of at least 4 members (excludes halogenated alkanes) is 1. The van der Waals surface area contributed by atoms with Crippen LogP contribution >= 0.6 is 11.8 Å². The number of aliphatic carboxylic acids is 1. The molecule has 31 heavy (non-hydrogen) atoms. The van der Waals surface area contributed by atoms with Crippen LogP contribution in [0.4, 0.5) is 13.2 Å². The highest BCUT2D eigenvalue weighted by Gasteiger charge is 2.34. The van der Waals surface area contributed by atoms with Crippen LogP contribution in [0.5, 0.6) is 5.75 Å². The first-order chi connectivity index (χ1) is 14.7. The highest BCUT2D eigenvalue weighted by molar-refractivity contribution is 7.99. The van der Waals surface area contributed by atoms with Crippen LogP contribution in [0.15, 0.2) is 36.4 Å². The van der Waals surface area contributed by atoms with E-state index in [-0.39, 0.29) is 29.9 Å². The highest BCUT2D eigenvalue weighted by atomic mass is 32.2. The van der Waals surface area contributed by atoms with Gasteiger partial charge in [0.1, 0.15) is 12.4 Å². The molecule has 0 heterocycles. The molecular weight excluding hydrogens is 433 g/mol. The van der Waals surface area contributed by atoms with Gasteiger partial charge < -0.3 is 20.1 Å². The zero-order chi connectivity index (χ0) is 22.9. The van der Waals surface area contributed by atoms with Gasteiger partial charge in [0.25, 0.3) is 0 Å². The van der Waals surface area contributed by atoms with Crippen LogP contribution in [-0.2, 0) is 11.0 Å². The quantitative estimate of drug-likeness (QED) is 0.313. The maximum absolute atomic E-state index is 12.8. The number of carboxylic acids is 1. The zero-order valence-electron chi connectivity index (χ0n) is 17.1. The molecule has 1 aromatic carbocycles. The molecule has 9 heteroatoms. The second-order valence-corrected chi connectivity index (χ2v) is 8.94. The number of benzene rings is 1. The number of thioether (sulfide) groups is 1. The normalized spacial score (nSPS) is 22.7. The average molecular weight is 463 g/mol. The van der Waals surface area contributed by atoms with E-state index in [9.17, 15) is 28.2 Å². The van der Waals surface area contributed by atoms with Gasteiger partial charge in [-0.3, -0.25) is 4.79 Å². The lowest BCUT2D eigenvalue weighted by molar-refractivity contribution is -0.138. The third-order valence-electron chi connectivity index (χ3n) is 5.16. The predicted molar refractivity (Wildman–Crippen MR) is 113 cm³/mol. The van der Waals surface area contributed by atoms with Crippen LogP contribution in [0, 0.1) is 5.92 Å². The second-order valence-electron chi connectivity index (χ2n) is 7.66. The Labute approximate surface area is 184 Å². The van der Waals surface area contributed by atoms with Crippen molar-refractivity contribution in [2.24, 2.45) is 5.92 Å². The zero-order valence-corrected chi connectivity index (χ0v) is 17.9. The number of carboxylic acid groups (broad SMARTS) is 1. The van der Waals surface area contributed by atoms with Crippen molar-refractivity contribution in [2.45, 2.75) is 62.2 Å². The van der Waals surface area contributed by atoms with E-state index in [2.05, 4.69) is 0 Å². The van der Waals surface area contributed by atoms with Gasteiger partial charge in [0.15, 0.2) is 0 Å². The number of alkyl halides is 3. The number of carbonyl (C=O) groups is 1. The Kier molecular flexibility index (Phi) is 10.2. The first kappa shape index (κ1) is 25.5. The minimum atomic E-state index is -4.45. The molecule has 0 amide bonds. The standard InChI is InChI=1S/C22H29F3O5S/c23-22(24,25)15-6-5-7-17(12-15)30-13-16(26)14-31-20-11-10-19(27)18(20)8-3-1-2-4-9-21(28)29/h1,3,5-7,12,16,18-20,26-27H,2,4,8-11,13-14H2,(H,28,29). The lowest BCUT2D eigenvalue weighted by Crippen LogP contribution is -2.25. The molecule has 0 bridgehead atoms. The lowest BCUT2D eigenvalue weighted by atomic mass is 10.0. The molecule has 5 nitrogen and oxygen atoms in total. The summed E-state index contributed by atoms with van der Waals surface area (Å²) in [6.07, 6.45) is 1.79. The van der Waals surface area contributed by atoms with E-state index in [1.54, 1.807) is 0 Å². The maximum atomic E-state index is 12.8. The molecule has 0 radical (unpaired) electrons. The third kappa shape index (κ3) is 9.13. The van der Waals surface area contributed by atoms with Crippen LogP contribution in [0.3, 0.4) is 0 Å². The number of aliphatic hydroxyl groups excluding tert-OH is 2. The van der Waals surface area contributed by atoms with Crippen LogP contribution in [-0.4, -0.2) is 51.1 Å². The molecule has 3 N–H and O–H groups in total. The monoisotopic (exact) mass is 462 g/mol. The van der Waals surface area contributed by atoms with Crippen LogP contribution in [0.2, 0.25) is 0 Å². The molecule has 0 aromatic heterocycles. The minimum absolute atomic E-state index is 0.0531. The first-order valence-electron chi connectivity index (χ1n) is 10.3. The van der Waals surface area contributed by atoms with Gasteiger partial charge in [-0.25, -0.2) is 0 Å². The summed E-state index contributed by atoms with van der Waals surface area (Å²) < 4.78 is 43.6. The summed E-state index contributed by atoms with van der Waals surface area (Å²) in [4.78, 5) is 10.5.